The van der Waals surface area contributed by atoms with E-state index in [0.717, 1.165) is 32.4 Å². The Hall–Kier alpha value is -2.51. The van der Waals surface area contributed by atoms with Gasteiger partial charge in [0.05, 0.1) is 12.1 Å². The van der Waals surface area contributed by atoms with Crippen molar-refractivity contribution in [3.05, 3.63) is 29.7 Å². The van der Waals surface area contributed by atoms with Crippen molar-refractivity contribution in [2.75, 3.05) is 24.5 Å². The number of amides is 1. The van der Waals surface area contributed by atoms with Gasteiger partial charge < -0.3 is 14.3 Å². The highest BCUT2D eigenvalue weighted by Gasteiger charge is 2.20. The van der Waals surface area contributed by atoms with Gasteiger partial charge in [-0.25, -0.2) is 9.97 Å². The van der Waals surface area contributed by atoms with Gasteiger partial charge in [0.1, 0.15) is 0 Å². The summed E-state index contributed by atoms with van der Waals surface area (Å²) in [6.45, 7) is 8.92. The normalized spacial score (nSPS) is 14.2. The van der Waals surface area contributed by atoms with E-state index in [9.17, 15) is 4.79 Å². The van der Waals surface area contributed by atoms with Crippen molar-refractivity contribution < 1.29 is 9.32 Å². The summed E-state index contributed by atoms with van der Waals surface area (Å²) in [6, 6.07) is 0. The van der Waals surface area contributed by atoms with Crippen molar-refractivity contribution in [1.82, 2.24) is 25.0 Å². The van der Waals surface area contributed by atoms with Gasteiger partial charge in [0.2, 0.25) is 11.8 Å². The first kappa shape index (κ1) is 18.3. The molecule has 0 aromatic carbocycles. The molecule has 0 aliphatic carbocycles. The second kappa shape index (κ2) is 8.25. The second-order valence-corrected chi connectivity index (χ2v) is 6.99. The highest BCUT2D eigenvalue weighted by atomic mass is 16.5. The van der Waals surface area contributed by atoms with Crippen LogP contribution in [0.25, 0.3) is 0 Å². The molecule has 3 rings (SSSR count). The number of carbonyl (C=O) groups excluding carboxylic acids is 1. The van der Waals surface area contributed by atoms with E-state index in [-0.39, 0.29) is 5.91 Å². The van der Waals surface area contributed by atoms with Gasteiger partial charge in [0, 0.05) is 38.4 Å². The third-order valence-electron chi connectivity index (χ3n) is 4.37. The van der Waals surface area contributed by atoms with Crippen LogP contribution in [0.3, 0.4) is 0 Å². The zero-order chi connectivity index (χ0) is 18.5. The van der Waals surface area contributed by atoms with Gasteiger partial charge in [-0.2, -0.15) is 4.98 Å². The lowest BCUT2D eigenvalue weighted by Gasteiger charge is -2.19. The molecule has 1 fully saturated rings. The molecule has 0 radical (unpaired) electrons. The van der Waals surface area contributed by atoms with Gasteiger partial charge in [-0.15, -0.1) is 0 Å². The quantitative estimate of drug-likeness (QED) is 0.750. The Morgan fingerprint density at radius 1 is 1.27 bits per heavy atom. The molecule has 1 aliphatic heterocycles. The van der Waals surface area contributed by atoms with Crippen molar-refractivity contribution >= 4 is 11.9 Å². The second-order valence-electron chi connectivity index (χ2n) is 6.99. The van der Waals surface area contributed by atoms with Crippen molar-refractivity contribution in [3.8, 4) is 0 Å². The maximum absolute atomic E-state index is 12.7. The maximum Gasteiger partial charge on any atom is 0.257 e. The Morgan fingerprint density at radius 2 is 1.96 bits per heavy atom. The van der Waals surface area contributed by atoms with Crippen molar-refractivity contribution in [3.63, 3.8) is 0 Å². The predicted molar refractivity (Wildman–Crippen MR) is 96.7 cm³/mol. The minimum Gasteiger partial charge on any atom is -0.341 e. The van der Waals surface area contributed by atoms with Crippen LogP contribution in [0.5, 0.6) is 0 Å². The lowest BCUT2D eigenvalue weighted by atomic mass is 10.1. The minimum atomic E-state index is -0.129. The Kier molecular flexibility index (Phi) is 5.80. The molecule has 0 atom stereocenters. The molecule has 0 N–H and O–H groups in total. The van der Waals surface area contributed by atoms with E-state index in [1.54, 1.807) is 17.3 Å². The van der Waals surface area contributed by atoms with Crippen molar-refractivity contribution in [1.29, 1.82) is 0 Å². The Balaban J connectivity index is 1.65. The smallest absolute Gasteiger partial charge is 0.257 e. The molecule has 8 nitrogen and oxygen atoms in total. The molecule has 1 amide bonds. The van der Waals surface area contributed by atoms with Crippen molar-refractivity contribution in [2.45, 2.75) is 46.6 Å². The molecule has 1 saturated heterocycles. The summed E-state index contributed by atoms with van der Waals surface area (Å²) in [5, 5.41) is 3.98. The van der Waals surface area contributed by atoms with Crippen LogP contribution in [0.2, 0.25) is 0 Å². The molecule has 0 unspecified atom stereocenters. The zero-order valence-corrected chi connectivity index (χ0v) is 15.7. The van der Waals surface area contributed by atoms with Crippen LogP contribution in [-0.4, -0.2) is 50.5 Å². The first-order valence-electron chi connectivity index (χ1n) is 9.24. The van der Waals surface area contributed by atoms with E-state index in [2.05, 4.69) is 38.9 Å². The predicted octanol–water partition coefficient (Wildman–Crippen LogP) is 2.32. The highest BCUT2D eigenvalue weighted by Crippen LogP contribution is 2.16. The van der Waals surface area contributed by atoms with Gasteiger partial charge >= 0.3 is 0 Å². The molecule has 8 heteroatoms. The molecule has 2 aromatic rings. The highest BCUT2D eigenvalue weighted by molar-refractivity contribution is 5.93. The number of hydrogen-bond donors (Lipinski definition) is 0. The van der Waals surface area contributed by atoms with E-state index >= 15 is 0 Å². The number of anilines is 1. The van der Waals surface area contributed by atoms with E-state index < -0.39 is 0 Å². The number of aromatic nitrogens is 4. The summed E-state index contributed by atoms with van der Waals surface area (Å²) in [5.74, 6) is 2.13. The Morgan fingerprint density at radius 3 is 2.58 bits per heavy atom. The summed E-state index contributed by atoms with van der Waals surface area (Å²) >= 11 is 0. The van der Waals surface area contributed by atoms with Crippen LogP contribution < -0.4 is 4.90 Å². The van der Waals surface area contributed by atoms with Crippen LogP contribution >= 0.6 is 0 Å². The third-order valence-corrected chi connectivity index (χ3v) is 4.37. The van der Waals surface area contributed by atoms with Gasteiger partial charge in [0.25, 0.3) is 5.91 Å². The average Bonchev–Trinajstić information content (AvgIpc) is 3.31. The summed E-state index contributed by atoms with van der Waals surface area (Å²) in [5.41, 5.74) is 0.473. The van der Waals surface area contributed by atoms with Crippen LogP contribution in [0.15, 0.2) is 16.9 Å². The van der Waals surface area contributed by atoms with E-state index in [1.807, 2.05) is 6.92 Å². The number of rotatable bonds is 7. The Labute approximate surface area is 153 Å². The minimum absolute atomic E-state index is 0.129. The fourth-order valence-electron chi connectivity index (χ4n) is 2.98. The molecule has 0 spiro atoms. The molecular formula is C18H26N6O2. The van der Waals surface area contributed by atoms with Crippen LogP contribution in [-0.2, 0) is 13.0 Å². The lowest BCUT2D eigenvalue weighted by molar-refractivity contribution is 0.0746. The van der Waals surface area contributed by atoms with E-state index in [0.29, 0.717) is 42.2 Å². The topological polar surface area (TPSA) is 88.2 Å². The average molecular weight is 358 g/mol. The molecular weight excluding hydrogens is 332 g/mol. The van der Waals surface area contributed by atoms with Crippen LogP contribution in [0.1, 0.15) is 55.7 Å². The van der Waals surface area contributed by atoms with E-state index in [1.165, 1.54) is 0 Å². The van der Waals surface area contributed by atoms with Gasteiger partial charge in [-0.3, -0.25) is 4.79 Å². The summed E-state index contributed by atoms with van der Waals surface area (Å²) in [4.78, 5) is 29.6. The lowest BCUT2D eigenvalue weighted by Crippen LogP contribution is -2.31. The molecule has 0 saturated carbocycles. The monoisotopic (exact) mass is 358 g/mol. The molecule has 2 aromatic heterocycles. The van der Waals surface area contributed by atoms with Gasteiger partial charge in [0.15, 0.2) is 5.82 Å². The molecule has 140 valence electrons. The maximum atomic E-state index is 12.7. The Bertz CT molecular complexity index is 722. The summed E-state index contributed by atoms with van der Waals surface area (Å²) in [6.07, 6.45) is 6.27. The SMILES string of the molecule is CCN(Cc1noc(CC(C)C)n1)C(=O)c1cnc(N2CCCC2)nc1. The third kappa shape index (κ3) is 4.36. The fraction of sp³-hybridized carbons (Fsp3) is 0.611. The van der Waals surface area contributed by atoms with Crippen LogP contribution in [0, 0.1) is 5.92 Å². The number of carbonyl (C=O) groups is 1. The largest absolute Gasteiger partial charge is 0.341 e. The van der Waals surface area contributed by atoms with Gasteiger partial charge in [-0.1, -0.05) is 19.0 Å². The molecule has 1 aliphatic rings. The summed E-state index contributed by atoms with van der Waals surface area (Å²) in [7, 11) is 0. The summed E-state index contributed by atoms with van der Waals surface area (Å²) < 4.78 is 5.25. The van der Waals surface area contributed by atoms with Gasteiger partial charge in [-0.05, 0) is 25.7 Å². The molecule has 0 bridgehead atoms. The standard InChI is InChI=1S/C18H26N6O2/c1-4-23(12-15-21-16(26-22-15)9-13(2)3)17(25)14-10-19-18(20-11-14)24-7-5-6-8-24/h10-11,13H,4-9,12H2,1-3H3. The van der Waals surface area contributed by atoms with Crippen LogP contribution in [0.4, 0.5) is 5.95 Å². The first-order chi connectivity index (χ1) is 12.6. The molecule has 3 heterocycles. The molecule has 26 heavy (non-hydrogen) atoms. The first-order valence-corrected chi connectivity index (χ1v) is 9.24. The number of nitrogens with zero attached hydrogens (tertiary/aromatic N) is 6. The zero-order valence-electron chi connectivity index (χ0n) is 15.7. The van der Waals surface area contributed by atoms with Crippen molar-refractivity contribution in [2.24, 2.45) is 5.92 Å². The number of hydrogen-bond acceptors (Lipinski definition) is 7. The van der Waals surface area contributed by atoms with E-state index in [4.69, 9.17) is 4.52 Å². The fourth-order valence-corrected chi connectivity index (χ4v) is 2.98.